The lowest BCUT2D eigenvalue weighted by Gasteiger charge is -2.16. The van der Waals surface area contributed by atoms with E-state index in [0.29, 0.717) is 5.70 Å². The van der Waals surface area contributed by atoms with E-state index in [9.17, 15) is 13.2 Å². The predicted octanol–water partition coefficient (Wildman–Crippen LogP) is 3.57. The fourth-order valence-corrected chi connectivity index (χ4v) is 3.89. The third-order valence-electron chi connectivity index (χ3n) is 3.77. The average Bonchev–Trinajstić information content (AvgIpc) is 2.83. The van der Waals surface area contributed by atoms with Crippen molar-refractivity contribution in [3.05, 3.63) is 71.4 Å². The summed E-state index contributed by atoms with van der Waals surface area (Å²) < 4.78 is 31.6. The van der Waals surface area contributed by atoms with Crippen LogP contribution in [0.25, 0.3) is 6.08 Å². The number of rotatable bonds is 3. The minimum absolute atomic E-state index is 0.0538. The number of nitrogens with zero attached hydrogens (tertiary/aromatic N) is 1. The lowest BCUT2D eigenvalue weighted by molar-refractivity contribution is 0.146. The van der Waals surface area contributed by atoms with Crippen molar-refractivity contribution in [1.29, 1.82) is 0 Å². The Balaban J connectivity index is 2.08. The Kier molecular flexibility index (Phi) is 4.15. The fraction of sp³-hybridized carbons (Fsp3) is 0.167. The van der Waals surface area contributed by atoms with Gasteiger partial charge in [-0.1, -0.05) is 48.0 Å². The summed E-state index contributed by atoms with van der Waals surface area (Å²) in [5.74, 6) is 0. The molecule has 0 radical (unpaired) electrons. The monoisotopic (exact) mass is 343 g/mol. The van der Waals surface area contributed by atoms with Crippen LogP contribution in [-0.2, 0) is 14.8 Å². The first-order valence-corrected chi connectivity index (χ1v) is 8.93. The average molecular weight is 343 g/mol. The Labute approximate surface area is 141 Å². The molecule has 1 atom stereocenters. The Morgan fingerprint density at radius 3 is 2.29 bits per heavy atom. The maximum atomic E-state index is 12.9. The van der Waals surface area contributed by atoms with Crippen LogP contribution in [0.5, 0.6) is 0 Å². The number of amides is 1. The molecule has 1 aliphatic rings. The van der Waals surface area contributed by atoms with E-state index < -0.39 is 22.2 Å². The van der Waals surface area contributed by atoms with Crippen LogP contribution in [0.2, 0.25) is 0 Å². The zero-order valence-electron chi connectivity index (χ0n) is 13.3. The first kappa shape index (κ1) is 16.3. The Hall–Kier alpha value is -2.60. The highest BCUT2D eigenvalue weighted by atomic mass is 32.2. The maximum Gasteiger partial charge on any atom is 0.429 e. The van der Waals surface area contributed by atoms with Crippen LogP contribution < -0.4 is 0 Å². The zero-order chi connectivity index (χ0) is 17.3. The second kappa shape index (κ2) is 6.13. The van der Waals surface area contributed by atoms with Gasteiger partial charge in [0.15, 0.2) is 0 Å². The molecule has 3 rings (SSSR count). The van der Waals surface area contributed by atoms with Gasteiger partial charge < -0.3 is 4.74 Å². The number of benzene rings is 2. The summed E-state index contributed by atoms with van der Waals surface area (Å²) in [5.41, 5.74) is 2.03. The molecule has 1 unspecified atom stereocenters. The van der Waals surface area contributed by atoms with E-state index in [-0.39, 0.29) is 4.90 Å². The maximum absolute atomic E-state index is 12.9. The summed E-state index contributed by atoms with van der Waals surface area (Å²) in [7, 11) is -4.02. The number of carbonyl (C=O) groups excluding carboxylic acids is 1. The molecule has 0 aliphatic carbocycles. The normalized spacial score (nSPS) is 19.6. The Morgan fingerprint density at radius 2 is 1.67 bits per heavy atom. The molecule has 6 heteroatoms. The number of hydrogen-bond donors (Lipinski definition) is 0. The highest BCUT2D eigenvalue weighted by Gasteiger charge is 2.43. The molecule has 0 aromatic heterocycles. The quantitative estimate of drug-likeness (QED) is 0.855. The van der Waals surface area contributed by atoms with E-state index >= 15 is 0 Å². The number of ether oxygens (including phenoxy) is 1. The SMILES string of the molecule is Cc1ccc(S(=O)(=O)N2C(=O)OC(C)/C2=C/c2ccccc2)cc1. The van der Waals surface area contributed by atoms with E-state index in [0.717, 1.165) is 15.4 Å². The third-order valence-corrected chi connectivity index (χ3v) is 5.48. The first-order valence-electron chi connectivity index (χ1n) is 7.49. The summed E-state index contributed by atoms with van der Waals surface area (Å²) in [6.45, 7) is 3.51. The van der Waals surface area contributed by atoms with Gasteiger partial charge in [0.1, 0.15) is 6.10 Å². The van der Waals surface area contributed by atoms with Crippen molar-refractivity contribution in [2.24, 2.45) is 0 Å². The Bertz CT molecular complexity index is 886. The molecular weight excluding hydrogens is 326 g/mol. The standard InChI is InChI=1S/C18H17NO4S/c1-13-8-10-16(11-9-13)24(21,22)19-17(14(2)23-18(19)20)12-15-6-4-3-5-7-15/h3-12,14H,1-2H3/b17-12-. The molecule has 5 nitrogen and oxygen atoms in total. The van der Waals surface area contributed by atoms with Gasteiger partial charge in [-0.15, -0.1) is 0 Å². The second-order valence-electron chi connectivity index (χ2n) is 5.59. The molecule has 124 valence electrons. The van der Waals surface area contributed by atoms with E-state index in [2.05, 4.69) is 0 Å². The lowest BCUT2D eigenvalue weighted by atomic mass is 10.1. The van der Waals surface area contributed by atoms with E-state index in [4.69, 9.17) is 4.74 Å². The van der Waals surface area contributed by atoms with Crippen LogP contribution >= 0.6 is 0 Å². The second-order valence-corrected chi connectivity index (χ2v) is 7.38. The van der Waals surface area contributed by atoms with Crippen LogP contribution in [0.4, 0.5) is 4.79 Å². The van der Waals surface area contributed by atoms with E-state index in [1.165, 1.54) is 12.1 Å². The molecule has 2 aromatic rings. The van der Waals surface area contributed by atoms with Gasteiger partial charge in [0.25, 0.3) is 10.0 Å². The highest BCUT2D eigenvalue weighted by molar-refractivity contribution is 7.89. The molecule has 0 saturated carbocycles. The molecule has 1 saturated heterocycles. The summed E-state index contributed by atoms with van der Waals surface area (Å²) in [5, 5.41) is 0. The molecule has 2 aromatic carbocycles. The van der Waals surface area contributed by atoms with Crippen LogP contribution in [0.3, 0.4) is 0 Å². The molecule has 1 amide bonds. The van der Waals surface area contributed by atoms with Gasteiger partial charge in [0, 0.05) is 0 Å². The van der Waals surface area contributed by atoms with Gasteiger partial charge in [-0.25, -0.2) is 13.2 Å². The largest absolute Gasteiger partial charge is 0.439 e. The lowest BCUT2D eigenvalue weighted by Crippen LogP contribution is -2.30. The smallest absolute Gasteiger partial charge is 0.429 e. The van der Waals surface area contributed by atoms with Crippen LogP contribution in [-0.4, -0.2) is 24.9 Å². The van der Waals surface area contributed by atoms with Gasteiger partial charge >= 0.3 is 6.09 Å². The van der Waals surface area contributed by atoms with Crippen molar-refractivity contribution < 1.29 is 17.9 Å². The molecule has 1 fully saturated rings. The van der Waals surface area contributed by atoms with Gasteiger partial charge in [-0.2, -0.15) is 4.31 Å². The molecule has 24 heavy (non-hydrogen) atoms. The van der Waals surface area contributed by atoms with E-state index in [1.807, 2.05) is 37.3 Å². The van der Waals surface area contributed by atoms with Crippen molar-refractivity contribution in [1.82, 2.24) is 4.31 Å². The molecule has 0 spiro atoms. The number of hydrogen-bond acceptors (Lipinski definition) is 4. The van der Waals surface area contributed by atoms with Crippen LogP contribution in [0.15, 0.2) is 65.2 Å². The number of carbonyl (C=O) groups is 1. The molecule has 1 aliphatic heterocycles. The van der Waals surface area contributed by atoms with Crippen LogP contribution in [0, 0.1) is 6.92 Å². The van der Waals surface area contributed by atoms with Gasteiger partial charge in [0.2, 0.25) is 0 Å². The summed E-state index contributed by atoms with van der Waals surface area (Å²) in [6.07, 6.45) is 0.129. The van der Waals surface area contributed by atoms with Crippen molar-refractivity contribution in [3.63, 3.8) is 0 Å². The number of cyclic esters (lactones) is 1. The van der Waals surface area contributed by atoms with Crippen molar-refractivity contribution in [2.75, 3.05) is 0 Å². The van der Waals surface area contributed by atoms with Crippen LogP contribution in [0.1, 0.15) is 18.1 Å². The van der Waals surface area contributed by atoms with Gasteiger partial charge in [-0.05, 0) is 37.6 Å². The summed E-state index contributed by atoms with van der Waals surface area (Å²) >= 11 is 0. The van der Waals surface area contributed by atoms with Gasteiger partial charge in [-0.3, -0.25) is 0 Å². The number of aryl methyl sites for hydroxylation is 1. The number of sulfonamides is 1. The molecule has 1 heterocycles. The minimum Gasteiger partial charge on any atom is -0.439 e. The molecular formula is C18H17NO4S. The minimum atomic E-state index is -4.02. The Morgan fingerprint density at radius 1 is 1.04 bits per heavy atom. The summed E-state index contributed by atoms with van der Waals surface area (Å²) in [4.78, 5) is 12.2. The molecule has 0 N–H and O–H groups in total. The zero-order valence-corrected chi connectivity index (χ0v) is 14.2. The fourth-order valence-electron chi connectivity index (χ4n) is 2.48. The van der Waals surface area contributed by atoms with Crippen molar-refractivity contribution in [2.45, 2.75) is 24.8 Å². The van der Waals surface area contributed by atoms with E-state index in [1.54, 1.807) is 25.1 Å². The first-order chi connectivity index (χ1) is 11.4. The predicted molar refractivity (Wildman–Crippen MR) is 90.6 cm³/mol. The summed E-state index contributed by atoms with van der Waals surface area (Å²) in [6, 6.07) is 15.6. The van der Waals surface area contributed by atoms with Gasteiger partial charge in [0.05, 0.1) is 10.6 Å². The molecule has 0 bridgehead atoms. The van der Waals surface area contributed by atoms with Crippen molar-refractivity contribution >= 4 is 22.2 Å². The highest BCUT2D eigenvalue weighted by Crippen LogP contribution is 2.31. The third kappa shape index (κ3) is 2.92. The van der Waals surface area contributed by atoms with Crippen molar-refractivity contribution in [3.8, 4) is 0 Å². The topological polar surface area (TPSA) is 63.7 Å².